The summed E-state index contributed by atoms with van der Waals surface area (Å²) in [6, 6.07) is 14.1. The Labute approximate surface area is 142 Å². The summed E-state index contributed by atoms with van der Waals surface area (Å²) >= 11 is 5.99. The lowest BCUT2D eigenvalue weighted by Gasteiger charge is -2.22. The highest BCUT2D eigenvalue weighted by Gasteiger charge is 2.27. The van der Waals surface area contributed by atoms with Crippen molar-refractivity contribution >= 4 is 21.6 Å². The van der Waals surface area contributed by atoms with E-state index in [9.17, 15) is 8.42 Å². The molecule has 0 aromatic heterocycles. The molecule has 0 aliphatic heterocycles. The third-order valence-corrected chi connectivity index (χ3v) is 5.55. The summed E-state index contributed by atoms with van der Waals surface area (Å²) in [5, 5.41) is 0.364. The van der Waals surface area contributed by atoms with E-state index in [4.69, 9.17) is 16.3 Å². The fraction of sp³-hybridized carbons (Fsp3) is 0.294. The highest BCUT2D eigenvalue weighted by molar-refractivity contribution is 7.89. The van der Waals surface area contributed by atoms with Crippen LogP contribution in [0.25, 0.3) is 0 Å². The molecular formula is C17H20ClNO3S. The van der Waals surface area contributed by atoms with E-state index in [1.807, 2.05) is 44.2 Å². The Kier molecular flexibility index (Phi) is 6.04. The highest BCUT2D eigenvalue weighted by atomic mass is 35.5. The van der Waals surface area contributed by atoms with E-state index < -0.39 is 10.0 Å². The maximum absolute atomic E-state index is 13.0. The van der Waals surface area contributed by atoms with E-state index >= 15 is 0 Å². The van der Waals surface area contributed by atoms with E-state index in [0.717, 1.165) is 5.56 Å². The smallest absolute Gasteiger partial charge is 0.247 e. The number of ether oxygens (including phenoxy) is 1. The minimum Gasteiger partial charge on any atom is -0.492 e. The zero-order valence-electron chi connectivity index (χ0n) is 13.2. The molecule has 2 aromatic rings. The average Bonchev–Trinajstić information content (AvgIpc) is 2.55. The zero-order chi connectivity index (χ0) is 16.9. The van der Waals surface area contributed by atoms with Crippen LogP contribution in [0.15, 0.2) is 53.4 Å². The molecular weight excluding hydrogens is 334 g/mol. The number of hydrogen-bond donors (Lipinski definition) is 0. The predicted molar refractivity (Wildman–Crippen MR) is 92.3 cm³/mol. The molecule has 2 rings (SSSR count). The van der Waals surface area contributed by atoms with Crippen LogP contribution < -0.4 is 4.74 Å². The van der Waals surface area contributed by atoms with Gasteiger partial charge in [0.15, 0.2) is 0 Å². The van der Waals surface area contributed by atoms with Crippen LogP contribution in [-0.2, 0) is 16.6 Å². The Morgan fingerprint density at radius 2 is 1.78 bits per heavy atom. The van der Waals surface area contributed by atoms with Crippen LogP contribution in [-0.4, -0.2) is 25.9 Å². The van der Waals surface area contributed by atoms with Gasteiger partial charge < -0.3 is 4.74 Å². The summed E-state index contributed by atoms with van der Waals surface area (Å²) in [5.74, 6) is 0.323. The number of halogens is 1. The maximum atomic E-state index is 13.0. The number of sulfonamides is 1. The Morgan fingerprint density at radius 1 is 1.09 bits per heavy atom. The fourth-order valence-corrected chi connectivity index (χ4v) is 4.08. The van der Waals surface area contributed by atoms with Gasteiger partial charge in [-0.15, -0.1) is 0 Å². The summed E-state index contributed by atoms with van der Waals surface area (Å²) < 4.78 is 32.9. The van der Waals surface area contributed by atoms with Gasteiger partial charge in [0.2, 0.25) is 10.0 Å². The fourth-order valence-electron chi connectivity index (χ4n) is 2.25. The molecule has 0 atom stereocenters. The first-order chi connectivity index (χ1) is 11.0. The first-order valence-electron chi connectivity index (χ1n) is 7.45. The average molecular weight is 354 g/mol. The van der Waals surface area contributed by atoms with Gasteiger partial charge in [0.1, 0.15) is 10.6 Å². The van der Waals surface area contributed by atoms with Crippen molar-refractivity contribution in [3.8, 4) is 5.75 Å². The standard InChI is InChI=1S/C17H20ClNO3S/c1-3-19(13-14-8-6-5-7-9-14)23(20,21)17-12-15(18)10-11-16(17)22-4-2/h5-12H,3-4,13H2,1-2H3. The van der Waals surface area contributed by atoms with Crippen molar-refractivity contribution in [1.29, 1.82) is 0 Å². The van der Waals surface area contributed by atoms with E-state index in [1.54, 1.807) is 12.1 Å². The molecule has 0 saturated carbocycles. The van der Waals surface area contributed by atoms with Gasteiger partial charge >= 0.3 is 0 Å². The summed E-state index contributed by atoms with van der Waals surface area (Å²) in [6.07, 6.45) is 0. The number of nitrogens with zero attached hydrogens (tertiary/aromatic N) is 1. The van der Waals surface area contributed by atoms with Gasteiger partial charge in [-0.3, -0.25) is 0 Å². The van der Waals surface area contributed by atoms with Crippen molar-refractivity contribution in [2.45, 2.75) is 25.3 Å². The SMILES string of the molecule is CCOc1ccc(Cl)cc1S(=O)(=O)N(CC)Cc1ccccc1. The third kappa shape index (κ3) is 4.25. The Balaban J connectivity index is 2.41. The van der Waals surface area contributed by atoms with Gasteiger partial charge in [-0.05, 0) is 30.7 Å². The molecule has 23 heavy (non-hydrogen) atoms. The lowest BCUT2D eigenvalue weighted by Crippen LogP contribution is -2.30. The summed E-state index contributed by atoms with van der Waals surface area (Å²) in [7, 11) is -3.70. The molecule has 6 heteroatoms. The summed E-state index contributed by atoms with van der Waals surface area (Å²) in [4.78, 5) is 0.102. The van der Waals surface area contributed by atoms with Crippen LogP contribution in [0.3, 0.4) is 0 Å². The molecule has 0 radical (unpaired) electrons. The molecule has 0 unspecified atom stereocenters. The van der Waals surface area contributed by atoms with Crippen LogP contribution >= 0.6 is 11.6 Å². The van der Waals surface area contributed by atoms with E-state index in [2.05, 4.69) is 0 Å². The molecule has 0 amide bonds. The van der Waals surface area contributed by atoms with Gasteiger partial charge in [0, 0.05) is 18.1 Å². The van der Waals surface area contributed by atoms with Gasteiger partial charge in [0.05, 0.1) is 6.61 Å². The maximum Gasteiger partial charge on any atom is 0.247 e. The van der Waals surface area contributed by atoms with E-state index in [0.29, 0.717) is 30.5 Å². The largest absolute Gasteiger partial charge is 0.492 e. The van der Waals surface area contributed by atoms with Crippen LogP contribution in [0.2, 0.25) is 5.02 Å². The minimum absolute atomic E-state index is 0.102. The molecule has 124 valence electrons. The quantitative estimate of drug-likeness (QED) is 0.757. The van der Waals surface area contributed by atoms with E-state index in [-0.39, 0.29) is 4.90 Å². The van der Waals surface area contributed by atoms with Crippen LogP contribution in [0, 0.1) is 0 Å². The predicted octanol–water partition coefficient (Wildman–Crippen LogP) is 3.95. The molecule has 0 heterocycles. The van der Waals surface area contributed by atoms with Crippen molar-refractivity contribution in [1.82, 2.24) is 4.31 Å². The number of rotatable bonds is 7. The first-order valence-corrected chi connectivity index (χ1v) is 9.27. The molecule has 0 aliphatic carbocycles. The lowest BCUT2D eigenvalue weighted by atomic mass is 10.2. The van der Waals surface area contributed by atoms with Crippen molar-refractivity contribution in [3.63, 3.8) is 0 Å². The van der Waals surface area contributed by atoms with Gasteiger partial charge in [-0.2, -0.15) is 4.31 Å². The van der Waals surface area contributed by atoms with Gasteiger partial charge in [-0.1, -0.05) is 48.9 Å². The Bertz CT molecular complexity index is 748. The van der Waals surface area contributed by atoms with Crippen LogP contribution in [0.5, 0.6) is 5.75 Å². The summed E-state index contributed by atoms with van der Waals surface area (Å²) in [6.45, 7) is 4.67. The second kappa shape index (κ2) is 7.81. The Hall–Kier alpha value is -1.56. The molecule has 0 bridgehead atoms. The van der Waals surface area contributed by atoms with E-state index in [1.165, 1.54) is 10.4 Å². The molecule has 4 nitrogen and oxygen atoms in total. The molecule has 0 aliphatic rings. The van der Waals surface area contributed by atoms with Crippen LogP contribution in [0.4, 0.5) is 0 Å². The second-order valence-electron chi connectivity index (χ2n) is 4.94. The van der Waals surface area contributed by atoms with Gasteiger partial charge in [0.25, 0.3) is 0 Å². The topological polar surface area (TPSA) is 46.6 Å². The van der Waals surface area contributed by atoms with Crippen molar-refractivity contribution < 1.29 is 13.2 Å². The molecule has 0 N–H and O–H groups in total. The molecule has 0 spiro atoms. The Morgan fingerprint density at radius 3 is 2.39 bits per heavy atom. The monoisotopic (exact) mass is 353 g/mol. The second-order valence-corrected chi connectivity index (χ2v) is 7.28. The first kappa shape index (κ1) is 17.8. The van der Waals surface area contributed by atoms with Crippen molar-refractivity contribution in [2.24, 2.45) is 0 Å². The normalized spacial score (nSPS) is 11.7. The van der Waals surface area contributed by atoms with Crippen LogP contribution in [0.1, 0.15) is 19.4 Å². The molecule has 2 aromatic carbocycles. The zero-order valence-corrected chi connectivity index (χ0v) is 14.8. The third-order valence-electron chi connectivity index (χ3n) is 3.38. The van der Waals surface area contributed by atoms with Crippen molar-refractivity contribution in [3.05, 3.63) is 59.1 Å². The molecule has 0 fully saturated rings. The minimum atomic E-state index is -3.70. The highest BCUT2D eigenvalue weighted by Crippen LogP contribution is 2.30. The van der Waals surface area contributed by atoms with Crippen molar-refractivity contribution in [2.75, 3.05) is 13.2 Å². The van der Waals surface area contributed by atoms with Gasteiger partial charge in [-0.25, -0.2) is 8.42 Å². The summed E-state index contributed by atoms with van der Waals surface area (Å²) in [5.41, 5.74) is 0.929. The number of benzene rings is 2. The lowest BCUT2D eigenvalue weighted by molar-refractivity contribution is 0.328. The number of hydrogen-bond acceptors (Lipinski definition) is 3. The molecule has 0 saturated heterocycles.